The lowest BCUT2D eigenvalue weighted by Crippen LogP contribution is -2.50. The molecule has 0 aromatic carbocycles. The minimum absolute atomic E-state index is 0.697. The molecule has 0 bridgehead atoms. The molecule has 1 aliphatic heterocycles. The summed E-state index contributed by atoms with van der Waals surface area (Å²) >= 11 is 1.80. The van der Waals surface area contributed by atoms with Gasteiger partial charge in [-0.05, 0) is 35.7 Å². The third-order valence-corrected chi connectivity index (χ3v) is 3.64. The summed E-state index contributed by atoms with van der Waals surface area (Å²) in [7, 11) is 0. The molecule has 2 heterocycles. The fourth-order valence-electron chi connectivity index (χ4n) is 1.92. The summed E-state index contributed by atoms with van der Waals surface area (Å²) in [5, 5.41) is 7.84. The Morgan fingerprint density at radius 1 is 1.64 bits per heavy atom. The van der Waals surface area contributed by atoms with Crippen molar-refractivity contribution in [2.45, 2.75) is 19.4 Å². The molecule has 0 saturated carbocycles. The predicted octanol–water partition coefficient (Wildman–Crippen LogP) is 1.58. The molecule has 14 heavy (non-hydrogen) atoms. The van der Waals surface area contributed by atoms with Crippen molar-refractivity contribution in [2.75, 3.05) is 26.2 Å². The number of hydrogen-bond acceptors (Lipinski definition) is 3. The Kier molecular flexibility index (Phi) is 3.56. The van der Waals surface area contributed by atoms with E-state index in [9.17, 15) is 0 Å². The Bertz CT molecular complexity index is 258. The van der Waals surface area contributed by atoms with Crippen molar-refractivity contribution < 1.29 is 0 Å². The van der Waals surface area contributed by atoms with E-state index in [2.05, 4.69) is 34.0 Å². The van der Waals surface area contributed by atoms with Gasteiger partial charge in [0.05, 0.1) is 0 Å². The highest BCUT2D eigenvalue weighted by atomic mass is 32.1. The number of hydrogen-bond donors (Lipinski definition) is 1. The van der Waals surface area contributed by atoms with Crippen LogP contribution >= 0.6 is 11.3 Å². The molecule has 1 unspecified atom stereocenters. The molecule has 0 aliphatic carbocycles. The molecular weight excluding hydrogens is 192 g/mol. The summed E-state index contributed by atoms with van der Waals surface area (Å²) in [6.45, 7) is 7.00. The summed E-state index contributed by atoms with van der Waals surface area (Å²) in [5.74, 6) is 0. The molecule has 1 atom stereocenters. The van der Waals surface area contributed by atoms with Crippen LogP contribution in [-0.2, 0) is 6.42 Å². The molecule has 1 aromatic rings. The molecule has 0 spiro atoms. The first kappa shape index (κ1) is 10.1. The zero-order chi connectivity index (χ0) is 9.80. The Labute approximate surface area is 89.9 Å². The van der Waals surface area contributed by atoms with Crippen molar-refractivity contribution in [3.8, 4) is 0 Å². The molecule has 1 saturated heterocycles. The van der Waals surface area contributed by atoms with Crippen LogP contribution in [0.5, 0.6) is 0 Å². The van der Waals surface area contributed by atoms with E-state index in [1.807, 2.05) is 0 Å². The lowest BCUT2D eigenvalue weighted by atomic mass is 10.2. The number of rotatable bonds is 3. The average molecular weight is 210 g/mol. The third kappa shape index (κ3) is 2.56. The van der Waals surface area contributed by atoms with Gasteiger partial charge < -0.3 is 5.32 Å². The zero-order valence-corrected chi connectivity index (χ0v) is 9.52. The van der Waals surface area contributed by atoms with Crippen LogP contribution < -0.4 is 5.32 Å². The fraction of sp³-hybridized carbons (Fsp3) is 0.636. The molecule has 1 aliphatic rings. The van der Waals surface area contributed by atoms with Crippen molar-refractivity contribution >= 4 is 11.3 Å². The number of thiophene rings is 1. The number of nitrogens with one attached hydrogen (secondary N) is 1. The van der Waals surface area contributed by atoms with E-state index in [1.54, 1.807) is 11.3 Å². The van der Waals surface area contributed by atoms with Crippen LogP contribution in [0.4, 0.5) is 0 Å². The Balaban J connectivity index is 1.79. The van der Waals surface area contributed by atoms with Crippen LogP contribution in [0.3, 0.4) is 0 Å². The first-order valence-electron chi connectivity index (χ1n) is 5.32. The predicted molar refractivity (Wildman–Crippen MR) is 61.9 cm³/mol. The molecule has 1 fully saturated rings. The van der Waals surface area contributed by atoms with E-state index >= 15 is 0 Å². The highest BCUT2D eigenvalue weighted by Crippen LogP contribution is 2.09. The zero-order valence-electron chi connectivity index (χ0n) is 8.70. The summed E-state index contributed by atoms with van der Waals surface area (Å²) in [5.41, 5.74) is 1.49. The van der Waals surface area contributed by atoms with Gasteiger partial charge in [0, 0.05) is 32.2 Å². The summed E-state index contributed by atoms with van der Waals surface area (Å²) in [6, 6.07) is 2.93. The largest absolute Gasteiger partial charge is 0.314 e. The molecule has 2 rings (SSSR count). The molecule has 2 nitrogen and oxygen atoms in total. The summed E-state index contributed by atoms with van der Waals surface area (Å²) in [6.07, 6.45) is 1.20. The van der Waals surface area contributed by atoms with Gasteiger partial charge in [-0.3, -0.25) is 4.90 Å². The van der Waals surface area contributed by atoms with E-state index in [4.69, 9.17) is 0 Å². The van der Waals surface area contributed by atoms with Crippen molar-refractivity contribution in [1.82, 2.24) is 10.2 Å². The molecule has 1 aromatic heterocycles. The number of nitrogens with zero attached hydrogens (tertiary/aromatic N) is 1. The molecule has 1 N–H and O–H groups in total. The van der Waals surface area contributed by atoms with Crippen LogP contribution in [0, 0.1) is 0 Å². The van der Waals surface area contributed by atoms with Crippen molar-refractivity contribution in [3.63, 3.8) is 0 Å². The van der Waals surface area contributed by atoms with E-state index in [0.717, 1.165) is 13.1 Å². The first-order valence-corrected chi connectivity index (χ1v) is 6.26. The maximum Gasteiger partial charge on any atom is 0.0193 e. The van der Waals surface area contributed by atoms with Gasteiger partial charge in [-0.25, -0.2) is 0 Å². The molecular formula is C11H18N2S. The first-order chi connectivity index (χ1) is 6.86. The standard InChI is InChI=1S/C11H18N2S/c1-10-8-12-4-6-13(10)5-2-11-3-7-14-9-11/h3,7,9-10,12H,2,4-6,8H2,1H3. The van der Waals surface area contributed by atoms with Crippen LogP contribution in [0.1, 0.15) is 12.5 Å². The lowest BCUT2D eigenvalue weighted by molar-refractivity contribution is 0.176. The van der Waals surface area contributed by atoms with Crippen molar-refractivity contribution in [1.29, 1.82) is 0 Å². The van der Waals surface area contributed by atoms with Gasteiger partial charge in [-0.1, -0.05) is 0 Å². The smallest absolute Gasteiger partial charge is 0.0193 e. The van der Waals surface area contributed by atoms with Gasteiger partial charge in [0.2, 0.25) is 0 Å². The van der Waals surface area contributed by atoms with Crippen LogP contribution in [0.2, 0.25) is 0 Å². The molecule has 0 amide bonds. The Morgan fingerprint density at radius 2 is 2.57 bits per heavy atom. The maximum atomic E-state index is 3.42. The van der Waals surface area contributed by atoms with Crippen LogP contribution in [0.25, 0.3) is 0 Å². The van der Waals surface area contributed by atoms with Crippen LogP contribution in [-0.4, -0.2) is 37.1 Å². The van der Waals surface area contributed by atoms with Gasteiger partial charge in [-0.15, -0.1) is 0 Å². The molecule has 78 valence electrons. The summed E-state index contributed by atoms with van der Waals surface area (Å²) < 4.78 is 0. The lowest BCUT2D eigenvalue weighted by Gasteiger charge is -2.33. The summed E-state index contributed by atoms with van der Waals surface area (Å²) in [4.78, 5) is 2.58. The quantitative estimate of drug-likeness (QED) is 0.815. The highest BCUT2D eigenvalue weighted by molar-refractivity contribution is 7.07. The second kappa shape index (κ2) is 4.91. The van der Waals surface area contributed by atoms with Gasteiger partial charge in [0.1, 0.15) is 0 Å². The van der Waals surface area contributed by atoms with E-state index in [0.29, 0.717) is 6.04 Å². The van der Waals surface area contributed by atoms with Gasteiger partial charge >= 0.3 is 0 Å². The normalized spacial score (nSPS) is 23.9. The minimum atomic E-state index is 0.697. The third-order valence-electron chi connectivity index (χ3n) is 2.91. The average Bonchev–Trinajstić information content (AvgIpc) is 2.69. The van der Waals surface area contributed by atoms with E-state index in [-0.39, 0.29) is 0 Å². The van der Waals surface area contributed by atoms with E-state index in [1.165, 1.54) is 25.1 Å². The van der Waals surface area contributed by atoms with E-state index < -0.39 is 0 Å². The monoisotopic (exact) mass is 210 g/mol. The second-order valence-electron chi connectivity index (χ2n) is 3.97. The number of piperazine rings is 1. The van der Waals surface area contributed by atoms with Gasteiger partial charge in [0.25, 0.3) is 0 Å². The van der Waals surface area contributed by atoms with Crippen molar-refractivity contribution in [3.05, 3.63) is 22.4 Å². The van der Waals surface area contributed by atoms with Crippen LogP contribution in [0.15, 0.2) is 16.8 Å². The minimum Gasteiger partial charge on any atom is -0.314 e. The topological polar surface area (TPSA) is 15.3 Å². The molecule has 0 radical (unpaired) electrons. The highest BCUT2D eigenvalue weighted by Gasteiger charge is 2.16. The Hall–Kier alpha value is -0.380. The van der Waals surface area contributed by atoms with Gasteiger partial charge in [-0.2, -0.15) is 11.3 Å². The van der Waals surface area contributed by atoms with Crippen molar-refractivity contribution in [2.24, 2.45) is 0 Å². The Morgan fingerprint density at radius 3 is 3.29 bits per heavy atom. The molecule has 3 heteroatoms. The SMILES string of the molecule is CC1CNCCN1CCc1ccsc1. The maximum absolute atomic E-state index is 3.42. The second-order valence-corrected chi connectivity index (χ2v) is 4.75. The van der Waals surface area contributed by atoms with Gasteiger partial charge in [0.15, 0.2) is 0 Å². The fourth-order valence-corrected chi connectivity index (χ4v) is 2.63.